The van der Waals surface area contributed by atoms with Crippen molar-refractivity contribution in [2.75, 3.05) is 22.1 Å². The molecule has 1 aromatic heterocycles. The molecular weight excluding hydrogens is 334 g/mol. The van der Waals surface area contributed by atoms with E-state index in [0.29, 0.717) is 10.8 Å². The number of hydrogen-bond acceptors (Lipinski definition) is 4. The Labute approximate surface area is 143 Å². The van der Waals surface area contributed by atoms with Crippen molar-refractivity contribution in [3.8, 4) is 0 Å². The van der Waals surface area contributed by atoms with E-state index in [9.17, 15) is 9.59 Å². The van der Waals surface area contributed by atoms with Gasteiger partial charge in [0.25, 0.3) is 0 Å². The number of nitrogens with zero attached hydrogens (tertiary/aromatic N) is 1. The van der Waals surface area contributed by atoms with E-state index in [1.807, 2.05) is 31.2 Å². The fourth-order valence-electron chi connectivity index (χ4n) is 1.70. The standard InChI is InChI=1S/C16H16ClN3O2S/c1-11-2-5-13(6-3-11)19-15(21)9-23-10-16(22)20-14-7-4-12(17)8-18-14/h2-8H,9-10H2,1H3,(H,19,21)(H,18,20,22). The first-order chi connectivity index (χ1) is 11.0. The fourth-order valence-corrected chi connectivity index (χ4v) is 2.43. The van der Waals surface area contributed by atoms with Gasteiger partial charge in [-0.3, -0.25) is 9.59 Å². The van der Waals surface area contributed by atoms with Gasteiger partial charge in [0.15, 0.2) is 0 Å². The van der Waals surface area contributed by atoms with Gasteiger partial charge in [0.2, 0.25) is 11.8 Å². The summed E-state index contributed by atoms with van der Waals surface area (Å²) in [5.74, 6) is 0.453. The number of aryl methyl sites for hydroxylation is 1. The highest BCUT2D eigenvalue weighted by molar-refractivity contribution is 8.00. The minimum Gasteiger partial charge on any atom is -0.325 e. The number of rotatable bonds is 6. The molecule has 1 heterocycles. The second-order valence-electron chi connectivity index (χ2n) is 4.82. The highest BCUT2D eigenvalue weighted by atomic mass is 35.5. The Balaban J connectivity index is 1.69. The van der Waals surface area contributed by atoms with Gasteiger partial charge in [-0.25, -0.2) is 4.98 Å². The van der Waals surface area contributed by atoms with Gasteiger partial charge in [-0.1, -0.05) is 29.3 Å². The Hall–Kier alpha value is -2.05. The molecular formula is C16H16ClN3O2S. The zero-order valence-corrected chi connectivity index (χ0v) is 14.1. The fraction of sp³-hybridized carbons (Fsp3) is 0.188. The maximum atomic E-state index is 11.8. The summed E-state index contributed by atoms with van der Waals surface area (Å²) in [5.41, 5.74) is 1.88. The van der Waals surface area contributed by atoms with Crippen LogP contribution in [0.4, 0.5) is 11.5 Å². The molecule has 2 N–H and O–H groups in total. The molecule has 0 aliphatic rings. The molecule has 120 valence electrons. The van der Waals surface area contributed by atoms with Gasteiger partial charge in [0, 0.05) is 11.9 Å². The lowest BCUT2D eigenvalue weighted by atomic mass is 10.2. The van der Waals surface area contributed by atoms with Crippen LogP contribution < -0.4 is 10.6 Å². The average molecular weight is 350 g/mol. The molecule has 0 aliphatic carbocycles. The van der Waals surface area contributed by atoms with E-state index in [1.54, 1.807) is 12.1 Å². The van der Waals surface area contributed by atoms with Gasteiger partial charge < -0.3 is 10.6 Å². The van der Waals surface area contributed by atoms with Gasteiger partial charge in [-0.05, 0) is 31.2 Å². The number of carbonyl (C=O) groups is 2. The molecule has 0 radical (unpaired) electrons. The van der Waals surface area contributed by atoms with Gasteiger partial charge in [-0.15, -0.1) is 11.8 Å². The molecule has 5 nitrogen and oxygen atoms in total. The predicted molar refractivity (Wildman–Crippen MR) is 95.0 cm³/mol. The maximum absolute atomic E-state index is 11.8. The molecule has 1 aromatic carbocycles. The molecule has 2 amide bonds. The number of nitrogens with one attached hydrogen (secondary N) is 2. The molecule has 0 aliphatic heterocycles. The van der Waals surface area contributed by atoms with Crippen molar-refractivity contribution in [3.63, 3.8) is 0 Å². The van der Waals surface area contributed by atoms with E-state index in [1.165, 1.54) is 18.0 Å². The third-order valence-electron chi connectivity index (χ3n) is 2.80. The number of anilines is 2. The SMILES string of the molecule is Cc1ccc(NC(=O)CSCC(=O)Nc2ccc(Cl)cn2)cc1. The molecule has 7 heteroatoms. The first kappa shape index (κ1) is 17.3. The summed E-state index contributed by atoms with van der Waals surface area (Å²) in [6.45, 7) is 1.98. The third kappa shape index (κ3) is 6.30. The van der Waals surface area contributed by atoms with Crippen LogP contribution >= 0.6 is 23.4 Å². The lowest BCUT2D eigenvalue weighted by Crippen LogP contribution is -2.18. The summed E-state index contributed by atoms with van der Waals surface area (Å²) in [4.78, 5) is 27.5. The number of thioether (sulfide) groups is 1. The van der Waals surface area contributed by atoms with Crippen LogP contribution in [0.5, 0.6) is 0 Å². The summed E-state index contributed by atoms with van der Waals surface area (Å²) < 4.78 is 0. The molecule has 2 rings (SSSR count). The first-order valence-electron chi connectivity index (χ1n) is 6.88. The molecule has 23 heavy (non-hydrogen) atoms. The lowest BCUT2D eigenvalue weighted by molar-refractivity contribution is -0.114. The van der Waals surface area contributed by atoms with Gasteiger partial charge in [0.1, 0.15) is 5.82 Å². The Morgan fingerprint density at radius 1 is 1.04 bits per heavy atom. The molecule has 0 fully saturated rings. The Bertz CT molecular complexity index is 615. The monoisotopic (exact) mass is 349 g/mol. The molecule has 0 atom stereocenters. The first-order valence-corrected chi connectivity index (χ1v) is 8.42. The van der Waals surface area contributed by atoms with Crippen molar-refractivity contribution in [1.29, 1.82) is 0 Å². The largest absolute Gasteiger partial charge is 0.325 e. The van der Waals surface area contributed by atoms with Crippen molar-refractivity contribution >= 4 is 46.7 Å². The summed E-state index contributed by atoms with van der Waals surface area (Å²) in [6.07, 6.45) is 1.46. The quantitative estimate of drug-likeness (QED) is 0.839. The lowest BCUT2D eigenvalue weighted by Gasteiger charge is -2.06. The van der Waals surface area contributed by atoms with Crippen molar-refractivity contribution in [1.82, 2.24) is 4.98 Å². The van der Waals surface area contributed by atoms with E-state index in [4.69, 9.17) is 11.6 Å². The van der Waals surface area contributed by atoms with Gasteiger partial charge in [-0.2, -0.15) is 0 Å². The van der Waals surface area contributed by atoms with Crippen molar-refractivity contribution in [3.05, 3.63) is 53.2 Å². The second-order valence-corrected chi connectivity index (χ2v) is 6.24. The Morgan fingerprint density at radius 2 is 1.70 bits per heavy atom. The highest BCUT2D eigenvalue weighted by Crippen LogP contribution is 2.11. The zero-order chi connectivity index (χ0) is 16.7. The van der Waals surface area contributed by atoms with Crippen LogP contribution in [0.25, 0.3) is 0 Å². The Morgan fingerprint density at radius 3 is 2.30 bits per heavy atom. The van der Waals surface area contributed by atoms with Crippen molar-refractivity contribution in [2.45, 2.75) is 6.92 Å². The van der Waals surface area contributed by atoms with E-state index in [0.717, 1.165) is 11.3 Å². The maximum Gasteiger partial charge on any atom is 0.235 e. The molecule has 0 saturated heterocycles. The van der Waals surface area contributed by atoms with E-state index < -0.39 is 0 Å². The predicted octanol–water partition coefficient (Wildman–Crippen LogP) is 3.35. The van der Waals surface area contributed by atoms with Crippen molar-refractivity contribution in [2.24, 2.45) is 0 Å². The second kappa shape index (κ2) is 8.55. The summed E-state index contributed by atoms with van der Waals surface area (Å²) in [7, 11) is 0. The number of amides is 2. The number of benzene rings is 1. The molecule has 0 unspecified atom stereocenters. The van der Waals surface area contributed by atoms with Crippen LogP contribution in [0.15, 0.2) is 42.6 Å². The number of halogens is 1. The summed E-state index contributed by atoms with van der Waals surface area (Å²) in [5, 5.41) is 5.92. The summed E-state index contributed by atoms with van der Waals surface area (Å²) in [6, 6.07) is 10.8. The third-order valence-corrected chi connectivity index (χ3v) is 3.95. The number of pyridine rings is 1. The topological polar surface area (TPSA) is 71.1 Å². The molecule has 0 bridgehead atoms. The number of carbonyl (C=O) groups excluding carboxylic acids is 2. The smallest absolute Gasteiger partial charge is 0.235 e. The number of hydrogen-bond donors (Lipinski definition) is 2. The van der Waals surface area contributed by atoms with Crippen LogP contribution in [0, 0.1) is 6.92 Å². The van der Waals surface area contributed by atoms with Crippen molar-refractivity contribution < 1.29 is 9.59 Å². The zero-order valence-electron chi connectivity index (χ0n) is 12.5. The van der Waals surface area contributed by atoms with Crippen LogP contribution in [0.2, 0.25) is 5.02 Å². The molecule has 0 spiro atoms. The van der Waals surface area contributed by atoms with Gasteiger partial charge >= 0.3 is 0 Å². The van der Waals surface area contributed by atoms with E-state index in [-0.39, 0.29) is 23.3 Å². The van der Waals surface area contributed by atoms with Crippen LogP contribution in [-0.2, 0) is 9.59 Å². The Kier molecular flexibility index (Phi) is 6.43. The molecule has 2 aromatic rings. The normalized spacial score (nSPS) is 10.2. The molecule has 0 saturated carbocycles. The van der Waals surface area contributed by atoms with Crippen LogP contribution in [0.3, 0.4) is 0 Å². The van der Waals surface area contributed by atoms with E-state index >= 15 is 0 Å². The number of aromatic nitrogens is 1. The average Bonchev–Trinajstić information content (AvgIpc) is 2.52. The summed E-state index contributed by atoms with van der Waals surface area (Å²) >= 11 is 6.95. The minimum atomic E-state index is -0.215. The highest BCUT2D eigenvalue weighted by Gasteiger charge is 2.07. The van der Waals surface area contributed by atoms with Crippen LogP contribution in [-0.4, -0.2) is 28.3 Å². The van der Waals surface area contributed by atoms with Gasteiger partial charge in [0.05, 0.1) is 16.5 Å². The van der Waals surface area contributed by atoms with E-state index in [2.05, 4.69) is 15.6 Å². The minimum absolute atomic E-state index is 0.142. The van der Waals surface area contributed by atoms with Crippen LogP contribution in [0.1, 0.15) is 5.56 Å².